The van der Waals surface area contributed by atoms with Crippen LogP contribution in [0.15, 0.2) is 12.4 Å². The summed E-state index contributed by atoms with van der Waals surface area (Å²) in [6, 6.07) is 0.979. The van der Waals surface area contributed by atoms with Gasteiger partial charge in [-0.15, -0.1) is 0 Å². The molecule has 0 aliphatic rings. The fourth-order valence-electron chi connectivity index (χ4n) is 1.71. The third-order valence-corrected chi connectivity index (χ3v) is 3.56. The van der Waals surface area contributed by atoms with Gasteiger partial charge in [0, 0.05) is 36.1 Å². The van der Waals surface area contributed by atoms with Crippen LogP contribution in [0.25, 0.3) is 0 Å². The SMILES string of the molecule is CCC(CSC)NC(C)c1cnn(CC)c1. The van der Waals surface area contributed by atoms with Crippen molar-refractivity contribution in [1.82, 2.24) is 15.1 Å². The molecule has 1 heterocycles. The second-order valence-electron chi connectivity index (χ2n) is 4.08. The van der Waals surface area contributed by atoms with E-state index in [1.807, 2.05) is 22.6 Å². The van der Waals surface area contributed by atoms with Crippen molar-refractivity contribution in [2.24, 2.45) is 0 Å². The predicted molar refractivity (Wildman–Crippen MR) is 71.9 cm³/mol. The van der Waals surface area contributed by atoms with E-state index >= 15 is 0 Å². The summed E-state index contributed by atoms with van der Waals surface area (Å²) in [6.07, 6.45) is 7.42. The van der Waals surface area contributed by atoms with Crippen LogP contribution in [0.5, 0.6) is 0 Å². The van der Waals surface area contributed by atoms with Crippen LogP contribution in [-0.2, 0) is 6.54 Å². The van der Waals surface area contributed by atoms with Crippen molar-refractivity contribution in [1.29, 1.82) is 0 Å². The summed E-state index contributed by atoms with van der Waals surface area (Å²) in [5, 5.41) is 7.95. The minimum Gasteiger partial charge on any atom is -0.307 e. The fraction of sp³-hybridized carbons (Fsp3) is 0.750. The lowest BCUT2D eigenvalue weighted by Crippen LogP contribution is -2.32. The molecular weight excluding hydrogens is 218 g/mol. The van der Waals surface area contributed by atoms with Gasteiger partial charge in [0.1, 0.15) is 0 Å². The van der Waals surface area contributed by atoms with Crippen molar-refractivity contribution < 1.29 is 0 Å². The summed E-state index contributed by atoms with van der Waals surface area (Å²) in [5.74, 6) is 1.17. The van der Waals surface area contributed by atoms with E-state index in [0.29, 0.717) is 12.1 Å². The van der Waals surface area contributed by atoms with Gasteiger partial charge in [-0.25, -0.2) is 0 Å². The molecule has 16 heavy (non-hydrogen) atoms. The van der Waals surface area contributed by atoms with Crippen molar-refractivity contribution >= 4 is 11.8 Å². The van der Waals surface area contributed by atoms with E-state index in [4.69, 9.17) is 0 Å². The van der Waals surface area contributed by atoms with Gasteiger partial charge in [0.25, 0.3) is 0 Å². The van der Waals surface area contributed by atoms with Crippen molar-refractivity contribution in [3.8, 4) is 0 Å². The molecule has 2 atom stereocenters. The highest BCUT2D eigenvalue weighted by Gasteiger charge is 2.12. The first-order valence-corrected chi connectivity index (χ1v) is 7.37. The summed E-state index contributed by atoms with van der Waals surface area (Å²) < 4.78 is 1.98. The molecule has 0 aliphatic carbocycles. The van der Waals surface area contributed by atoms with Crippen LogP contribution >= 0.6 is 11.8 Å². The van der Waals surface area contributed by atoms with Gasteiger partial charge in [-0.3, -0.25) is 4.68 Å². The molecule has 1 N–H and O–H groups in total. The van der Waals surface area contributed by atoms with Crippen LogP contribution in [-0.4, -0.2) is 27.8 Å². The topological polar surface area (TPSA) is 29.9 Å². The maximum Gasteiger partial charge on any atom is 0.0537 e. The first-order valence-electron chi connectivity index (χ1n) is 5.98. The van der Waals surface area contributed by atoms with Crippen LogP contribution in [0.1, 0.15) is 38.8 Å². The molecule has 1 rings (SSSR count). The van der Waals surface area contributed by atoms with Crippen molar-refractivity contribution in [3.05, 3.63) is 18.0 Å². The Labute approximate surface area is 103 Å². The lowest BCUT2D eigenvalue weighted by atomic mass is 10.1. The minimum absolute atomic E-state index is 0.386. The summed E-state index contributed by atoms with van der Waals surface area (Å²) in [6.45, 7) is 7.49. The van der Waals surface area contributed by atoms with Crippen molar-refractivity contribution in [2.75, 3.05) is 12.0 Å². The molecule has 0 aliphatic heterocycles. The Kier molecular flexibility index (Phi) is 5.91. The maximum absolute atomic E-state index is 4.31. The number of hydrogen-bond acceptors (Lipinski definition) is 3. The molecule has 0 amide bonds. The van der Waals surface area contributed by atoms with Gasteiger partial charge >= 0.3 is 0 Å². The first-order chi connectivity index (χ1) is 7.71. The molecule has 1 aromatic heterocycles. The lowest BCUT2D eigenvalue weighted by molar-refractivity contribution is 0.474. The predicted octanol–water partition coefficient (Wildman–Crippen LogP) is 2.70. The molecule has 0 saturated carbocycles. The molecule has 3 nitrogen and oxygen atoms in total. The Morgan fingerprint density at radius 2 is 2.25 bits per heavy atom. The van der Waals surface area contributed by atoms with Crippen LogP contribution in [0.3, 0.4) is 0 Å². The van der Waals surface area contributed by atoms with E-state index in [0.717, 1.165) is 6.54 Å². The molecular formula is C12H23N3S. The highest BCUT2D eigenvalue weighted by molar-refractivity contribution is 7.98. The molecule has 0 fully saturated rings. The molecule has 2 unspecified atom stereocenters. The molecule has 0 saturated heterocycles. The van der Waals surface area contributed by atoms with Crippen molar-refractivity contribution in [2.45, 2.75) is 45.8 Å². The Morgan fingerprint density at radius 1 is 1.50 bits per heavy atom. The average molecular weight is 241 g/mol. The van der Waals surface area contributed by atoms with E-state index in [2.05, 4.69) is 43.6 Å². The molecule has 0 aromatic carbocycles. The number of nitrogens with zero attached hydrogens (tertiary/aromatic N) is 2. The Balaban J connectivity index is 2.52. The first kappa shape index (κ1) is 13.6. The van der Waals surface area contributed by atoms with Crippen LogP contribution in [0.2, 0.25) is 0 Å². The van der Waals surface area contributed by atoms with Crippen LogP contribution in [0, 0.1) is 0 Å². The monoisotopic (exact) mass is 241 g/mol. The van der Waals surface area contributed by atoms with E-state index in [9.17, 15) is 0 Å². The third kappa shape index (κ3) is 3.83. The molecule has 92 valence electrons. The van der Waals surface area contributed by atoms with Crippen LogP contribution in [0.4, 0.5) is 0 Å². The van der Waals surface area contributed by atoms with E-state index < -0.39 is 0 Å². The standard InChI is InChI=1S/C12H23N3S/c1-5-12(9-16-4)14-10(3)11-7-13-15(6-2)8-11/h7-8,10,12,14H,5-6,9H2,1-4H3. The fourth-order valence-corrected chi connectivity index (χ4v) is 2.45. The second kappa shape index (κ2) is 6.97. The summed E-state index contributed by atoms with van der Waals surface area (Å²) in [7, 11) is 0. The zero-order valence-electron chi connectivity index (χ0n) is 10.7. The smallest absolute Gasteiger partial charge is 0.0537 e. The average Bonchev–Trinajstić information content (AvgIpc) is 2.76. The van der Waals surface area contributed by atoms with Gasteiger partial charge < -0.3 is 5.32 Å². The number of aromatic nitrogens is 2. The van der Waals surface area contributed by atoms with Gasteiger partial charge in [0.05, 0.1) is 6.20 Å². The Hall–Kier alpha value is -0.480. The Bertz CT molecular complexity index is 298. The molecule has 1 aromatic rings. The second-order valence-corrected chi connectivity index (χ2v) is 4.99. The van der Waals surface area contributed by atoms with Crippen LogP contribution < -0.4 is 5.32 Å². The molecule has 4 heteroatoms. The molecule has 0 bridgehead atoms. The highest BCUT2D eigenvalue weighted by Crippen LogP contribution is 2.13. The van der Waals surface area contributed by atoms with Gasteiger partial charge in [0.2, 0.25) is 0 Å². The van der Waals surface area contributed by atoms with E-state index in [1.54, 1.807) is 0 Å². The van der Waals surface area contributed by atoms with E-state index in [-0.39, 0.29) is 0 Å². The van der Waals surface area contributed by atoms with Gasteiger partial charge in [-0.1, -0.05) is 6.92 Å². The zero-order valence-corrected chi connectivity index (χ0v) is 11.5. The summed E-state index contributed by atoms with van der Waals surface area (Å²) in [4.78, 5) is 0. The van der Waals surface area contributed by atoms with Gasteiger partial charge in [-0.05, 0) is 26.5 Å². The summed E-state index contributed by atoms with van der Waals surface area (Å²) >= 11 is 1.90. The number of aryl methyl sites for hydroxylation is 1. The largest absolute Gasteiger partial charge is 0.307 e. The summed E-state index contributed by atoms with van der Waals surface area (Å²) in [5.41, 5.74) is 1.28. The quantitative estimate of drug-likeness (QED) is 0.796. The number of thioether (sulfide) groups is 1. The number of nitrogens with one attached hydrogen (secondary N) is 1. The van der Waals surface area contributed by atoms with E-state index in [1.165, 1.54) is 17.7 Å². The van der Waals surface area contributed by atoms with Crippen molar-refractivity contribution in [3.63, 3.8) is 0 Å². The molecule has 0 radical (unpaired) electrons. The maximum atomic E-state index is 4.31. The third-order valence-electron chi connectivity index (χ3n) is 2.82. The normalized spacial score (nSPS) is 15.0. The number of hydrogen-bond donors (Lipinski definition) is 1. The van der Waals surface area contributed by atoms with Gasteiger partial charge in [-0.2, -0.15) is 16.9 Å². The Morgan fingerprint density at radius 3 is 2.75 bits per heavy atom. The molecule has 0 spiro atoms. The minimum atomic E-state index is 0.386. The van der Waals surface area contributed by atoms with Gasteiger partial charge in [0.15, 0.2) is 0 Å². The number of rotatable bonds is 7. The lowest BCUT2D eigenvalue weighted by Gasteiger charge is -2.20. The highest BCUT2D eigenvalue weighted by atomic mass is 32.2. The zero-order chi connectivity index (χ0) is 12.0.